The Balaban J connectivity index is 2.45. The minimum absolute atomic E-state index is 0.358. The number of anilines is 2. The van der Waals surface area contributed by atoms with Crippen LogP contribution in [0.5, 0.6) is 0 Å². The Hall–Kier alpha value is -1.26. The minimum Gasteiger partial charge on any atom is -0.364 e. The van der Waals surface area contributed by atoms with Crippen molar-refractivity contribution in [1.29, 1.82) is 0 Å². The van der Waals surface area contributed by atoms with E-state index in [4.69, 9.17) is 23.2 Å². The van der Waals surface area contributed by atoms with Gasteiger partial charge in [0.25, 0.3) is 0 Å². The van der Waals surface area contributed by atoms with E-state index in [9.17, 15) is 10.2 Å². The van der Waals surface area contributed by atoms with Gasteiger partial charge in [0.15, 0.2) is 6.29 Å². The highest BCUT2D eigenvalue weighted by molar-refractivity contribution is 6.39. The van der Waals surface area contributed by atoms with Crippen LogP contribution < -0.4 is 5.32 Å². The van der Waals surface area contributed by atoms with Crippen LogP contribution >= 0.6 is 23.2 Å². The van der Waals surface area contributed by atoms with E-state index >= 15 is 0 Å². The third-order valence-electron chi connectivity index (χ3n) is 2.78. The van der Waals surface area contributed by atoms with Crippen LogP contribution in [0, 0.1) is 6.92 Å². The second-order valence-corrected chi connectivity index (χ2v) is 4.92. The summed E-state index contributed by atoms with van der Waals surface area (Å²) in [5, 5.41) is 22.7. The maximum atomic E-state index is 9.33. The molecule has 5 heteroatoms. The number of rotatable bonds is 3. The number of aliphatic hydroxyl groups excluding tert-OH is 1. The summed E-state index contributed by atoms with van der Waals surface area (Å²) in [6, 6.07) is 10.4. The molecule has 0 fully saturated rings. The van der Waals surface area contributed by atoms with E-state index in [1.165, 1.54) is 0 Å². The number of hydrogen-bond donors (Lipinski definition) is 3. The Morgan fingerprint density at radius 1 is 1.05 bits per heavy atom. The lowest BCUT2D eigenvalue weighted by Gasteiger charge is -2.16. The maximum Gasteiger partial charge on any atom is 0.180 e. The average Bonchev–Trinajstić information content (AvgIpc) is 2.39. The van der Waals surface area contributed by atoms with Crippen molar-refractivity contribution in [2.75, 3.05) is 5.32 Å². The van der Waals surface area contributed by atoms with Gasteiger partial charge in [-0.1, -0.05) is 47.5 Å². The van der Waals surface area contributed by atoms with Gasteiger partial charge in [-0.15, -0.1) is 0 Å². The van der Waals surface area contributed by atoms with Crippen LogP contribution in [0.2, 0.25) is 10.0 Å². The Morgan fingerprint density at radius 3 is 2.42 bits per heavy atom. The number of aryl methyl sites for hydroxylation is 1. The average molecular weight is 298 g/mol. The van der Waals surface area contributed by atoms with E-state index in [2.05, 4.69) is 5.32 Å². The molecule has 0 aliphatic heterocycles. The van der Waals surface area contributed by atoms with Crippen molar-refractivity contribution >= 4 is 34.6 Å². The minimum atomic E-state index is -1.56. The Morgan fingerprint density at radius 2 is 1.74 bits per heavy atom. The van der Waals surface area contributed by atoms with Gasteiger partial charge in [-0.3, -0.25) is 0 Å². The van der Waals surface area contributed by atoms with Crippen molar-refractivity contribution in [3.63, 3.8) is 0 Å². The molecule has 3 N–H and O–H groups in total. The maximum absolute atomic E-state index is 9.33. The van der Waals surface area contributed by atoms with E-state index in [1.54, 1.807) is 30.3 Å². The first kappa shape index (κ1) is 14.2. The molecule has 0 radical (unpaired) electrons. The summed E-state index contributed by atoms with van der Waals surface area (Å²) < 4.78 is 0. The van der Waals surface area contributed by atoms with Crippen LogP contribution in [0.4, 0.5) is 11.4 Å². The normalized spacial score (nSPS) is 10.8. The highest BCUT2D eigenvalue weighted by atomic mass is 35.5. The summed E-state index contributed by atoms with van der Waals surface area (Å²) in [5.74, 6) is 0. The molecule has 0 saturated carbocycles. The standard InChI is InChI=1S/C14H13Cl2NO2/c1-8-6-7-10(15)13(12(8)16)17-11-5-3-2-4-9(11)14(18)19/h2-7,14,17-19H,1H3. The first-order chi connectivity index (χ1) is 9.00. The fourth-order valence-corrected chi connectivity index (χ4v) is 2.21. The molecule has 19 heavy (non-hydrogen) atoms. The van der Waals surface area contributed by atoms with Gasteiger partial charge in [0.05, 0.1) is 15.7 Å². The summed E-state index contributed by atoms with van der Waals surface area (Å²) >= 11 is 12.3. The van der Waals surface area contributed by atoms with Gasteiger partial charge in [-0.05, 0) is 24.6 Å². The molecule has 3 nitrogen and oxygen atoms in total. The summed E-state index contributed by atoms with van der Waals surface area (Å²) in [4.78, 5) is 0. The number of aliphatic hydroxyl groups is 2. The van der Waals surface area contributed by atoms with Gasteiger partial charge in [0.1, 0.15) is 0 Å². The number of para-hydroxylation sites is 1. The second kappa shape index (κ2) is 5.80. The molecule has 0 heterocycles. The van der Waals surface area contributed by atoms with Crippen molar-refractivity contribution < 1.29 is 10.2 Å². The number of benzene rings is 2. The lowest BCUT2D eigenvalue weighted by molar-refractivity contribution is -0.0418. The second-order valence-electron chi connectivity index (χ2n) is 4.14. The Labute approximate surface area is 121 Å². The molecule has 0 unspecified atom stereocenters. The molecule has 2 aromatic carbocycles. The fourth-order valence-electron chi connectivity index (χ4n) is 1.74. The van der Waals surface area contributed by atoms with Crippen molar-refractivity contribution in [3.05, 3.63) is 57.6 Å². The molecule has 0 aliphatic carbocycles. The molecule has 2 rings (SSSR count). The molecule has 0 aliphatic rings. The molecule has 2 aromatic rings. The quantitative estimate of drug-likeness (QED) is 0.750. The van der Waals surface area contributed by atoms with Crippen LogP contribution in [0.1, 0.15) is 17.4 Å². The zero-order valence-corrected chi connectivity index (χ0v) is 11.7. The van der Waals surface area contributed by atoms with Crippen molar-refractivity contribution in [2.45, 2.75) is 13.2 Å². The highest BCUT2D eigenvalue weighted by Crippen LogP contribution is 2.36. The SMILES string of the molecule is Cc1ccc(Cl)c(Nc2ccccc2C(O)O)c1Cl. The summed E-state index contributed by atoms with van der Waals surface area (Å²) in [6.07, 6.45) is -1.56. The molecular formula is C14H13Cl2NO2. The fraction of sp³-hybridized carbons (Fsp3) is 0.143. The molecule has 0 bridgehead atoms. The largest absolute Gasteiger partial charge is 0.364 e. The zero-order chi connectivity index (χ0) is 14.0. The summed E-state index contributed by atoms with van der Waals surface area (Å²) in [7, 11) is 0. The molecular weight excluding hydrogens is 285 g/mol. The van der Waals surface area contributed by atoms with Crippen LogP contribution in [0.3, 0.4) is 0 Å². The third-order valence-corrected chi connectivity index (χ3v) is 3.58. The first-order valence-electron chi connectivity index (χ1n) is 5.67. The summed E-state index contributed by atoms with van der Waals surface area (Å²) in [5.41, 5.74) is 2.34. The smallest absolute Gasteiger partial charge is 0.180 e. The van der Waals surface area contributed by atoms with Crippen LogP contribution in [-0.2, 0) is 0 Å². The van der Waals surface area contributed by atoms with Crippen LogP contribution in [-0.4, -0.2) is 10.2 Å². The van der Waals surface area contributed by atoms with Gasteiger partial charge in [-0.2, -0.15) is 0 Å². The topological polar surface area (TPSA) is 52.5 Å². The molecule has 0 saturated heterocycles. The molecule has 0 atom stereocenters. The Bertz CT molecular complexity index is 600. The van der Waals surface area contributed by atoms with Crippen LogP contribution in [0.15, 0.2) is 36.4 Å². The lowest BCUT2D eigenvalue weighted by atomic mass is 10.1. The van der Waals surface area contributed by atoms with Gasteiger partial charge in [-0.25, -0.2) is 0 Å². The highest BCUT2D eigenvalue weighted by Gasteiger charge is 2.13. The van der Waals surface area contributed by atoms with Crippen molar-refractivity contribution in [3.8, 4) is 0 Å². The third kappa shape index (κ3) is 3.01. The molecule has 100 valence electrons. The van der Waals surface area contributed by atoms with E-state index in [-0.39, 0.29) is 0 Å². The van der Waals surface area contributed by atoms with Gasteiger partial charge in [0, 0.05) is 11.3 Å². The van der Waals surface area contributed by atoms with Crippen molar-refractivity contribution in [2.24, 2.45) is 0 Å². The molecule has 0 aromatic heterocycles. The van der Waals surface area contributed by atoms with E-state index in [0.29, 0.717) is 27.0 Å². The van der Waals surface area contributed by atoms with Gasteiger partial charge >= 0.3 is 0 Å². The Kier molecular flexibility index (Phi) is 4.32. The van der Waals surface area contributed by atoms with E-state index in [0.717, 1.165) is 5.56 Å². The van der Waals surface area contributed by atoms with E-state index < -0.39 is 6.29 Å². The monoisotopic (exact) mass is 297 g/mol. The number of halogens is 2. The van der Waals surface area contributed by atoms with Gasteiger partial charge in [0.2, 0.25) is 0 Å². The first-order valence-corrected chi connectivity index (χ1v) is 6.43. The molecule has 0 amide bonds. The van der Waals surface area contributed by atoms with E-state index in [1.807, 2.05) is 13.0 Å². The zero-order valence-electron chi connectivity index (χ0n) is 10.2. The number of nitrogens with one attached hydrogen (secondary N) is 1. The van der Waals surface area contributed by atoms with Crippen molar-refractivity contribution in [1.82, 2.24) is 0 Å². The lowest BCUT2D eigenvalue weighted by Crippen LogP contribution is -2.02. The predicted molar refractivity (Wildman–Crippen MR) is 78.1 cm³/mol. The van der Waals surface area contributed by atoms with Crippen LogP contribution in [0.25, 0.3) is 0 Å². The van der Waals surface area contributed by atoms with Gasteiger partial charge < -0.3 is 15.5 Å². The predicted octanol–water partition coefficient (Wildman–Crippen LogP) is 4.03. The number of hydrogen-bond acceptors (Lipinski definition) is 3. The molecule has 0 spiro atoms. The summed E-state index contributed by atoms with van der Waals surface area (Å²) in [6.45, 7) is 1.87.